The van der Waals surface area contributed by atoms with Gasteiger partial charge >= 0.3 is 0 Å². The Balaban J connectivity index is 1.75. The minimum Gasteiger partial charge on any atom is -0.387 e. The third-order valence-corrected chi connectivity index (χ3v) is 4.59. The fourth-order valence-electron chi connectivity index (χ4n) is 3.25. The van der Waals surface area contributed by atoms with Crippen molar-refractivity contribution in [3.63, 3.8) is 0 Å². The third-order valence-electron chi connectivity index (χ3n) is 4.59. The summed E-state index contributed by atoms with van der Waals surface area (Å²) >= 11 is 0. The Kier molecular flexibility index (Phi) is 4.41. The topological polar surface area (TPSA) is 66.6 Å². The van der Waals surface area contributed by atoms with E-state index in [4.69, 9.17) is 0 Å². The van der Waals surface area contributed by atoms with Gasteiger partial charge in [0.25, 0.3) is 5.69 Å². The number of nitro benzene ring substituents is 1. The maximum Gasteiger partial charge on any atom is 0.269 e. The van der Waals surface area contributed by atoms with Gasteiger partial charge in [-0.3, -0.25) is 15.0 Å². The zero-order chi connectivity index (χ0) is 16.4. The molecule has 5 nitrogen and oxygen atoms in total. The summed E-state index contributed by atoms with van der Waals surface area (Å²) in [5.41, 5.74) is 3.26. The maximum atomic E-state index is 10.9. The van der Waals surface area contributed by atoms with Crippen molar-refractivity contribution < 1.29 is 10.0 Å². The van der Waals surface area contributed by atoms with E-state index in [1.54, 1.807) is 12.1 Å². The Morgan fingerprint density at radius 1 is 1.30 bits per heavy atom. The molecule has 2 unspecified atom stereocenters. The van der Waals surface area contributed by atoms with Gasteiger partial charge in [0.15, 0.2) is 0 Å². The van der Waals surface area contributed by atoms with E-state index in [2.05, 4.69) is 30.0 Å². The van der Waals surface area contributed by atoms with Crippen molar-refractivity contribution >= 4 is 5.69 Å². The maximum absolute atomic E-state index is 10.9. The van der Waals surface area contributed by atoms with Crippen LogP contribution in [0.15, 0.2) is 48.5 Å². The number of rotatable bonds is 4. The number of hydrogen-bond acceptors (Lipinski definition) is 4. The van der Waals surface area contributed by atoms with Crippen LogP contribution in [0.3, 0.4) is 0 Å². The van der Waals surface area contributed by atoms with Crippen LogP contribution in [0.5, 0.6) is 0 Å². The van der Waals surface area contributed by atoms with Crippen LogP contribution in [0, 0.1) is 10.1 Å². The Labute approximate surface area is 135 Å². The number of β-amino-alcohol motifs (C(OH)–C–C–N with tert-alkyl or cyclic N) is 1. The first-order chi connectivity index (χ1) is 11.1. The third kappa shape index (κ3) is 3.25. The molecule has 0 spiro atoms. The second-order valence-electron chi connectivity index (χ2n) is 5.99. The summed E-state index contributed by atoms with van der Waals surface area (Å²) in [6.07, 6.45) is 0.227. The van der Waals surface area contributed by atoms with E-state index in [1.807, 2.05) is 6.07 Å². The van der Waals surface area contributed by atoms with Gasteiger partial charge in [0, 0.05) is 31.3 Å². The van der Waals surface area contributed by atoms with Gasteiger partial charge in [0.2, 0.25) is 0 Å². The zero-order valence-corrected chi connectivity index (χ0v) is 13.1. The molecule has 3 rings (SSSR count). The van der Waals surface area contributed by atoms with Crippen molar-refractivity contribution in [2.75, 3.05) is 13.1 Å². The molecular formula is C18H20N2O3. The molecule has 0 aromatic heterocycles. The number of nitrogens with zero attached hydrogens (tertiary/aromatic N) is 2. The Hall–Kier alpha value is -2.24. The molecule has 0 fully saturated rings. The summed E-state index contributed by atoms with van der Waals surface area (Å²) in [5, 5.41) is 21.3. The van der Waals surface area contributed by atoms with E-state index in [9.17, 15) is 15.2 Å². The molecule has 2 aromatic rings. The van der Waals surface area contributed by atoms with Crippen molar-refractivity contribution in [2.45, 2.75) is 25.5 Å². The molecule has 2 aromatic carbocycles. The fourth-order valence-corrected chi connectivity index (χ4v) is 3.25. The molecule has 0 saturated heterocycles. The first-order valence-electron chi connectivity index (χ1n) is 7.80. The minimum absolute atomic E-state index is 0.0126. The van der Waals surface area contributed by atoms with E-state index in [0.717, 1.165) is 13.0 Å². The van der Waals surface area contributed by atoms with Gasteiger partial charge in [-0.25, -0.2) is 0 Å². The van der Waals surface area contributed by atoms with Crippen LogP contribution in [0.25, 0.3) is 0 Å². The summed E-state index contributed by atoms with van der Waals surface area (Å²) in [4.78, 5) is 12.7. The summed E-state index contributed by atoms with van der Waals surface area (Å²) in [7, 11) is 0. The predicted octanol–water partition coefficient (Wildman–Crippen LogP) is 3.25. The van der Waals surface area contributed by atoms with E-state index >= 15 is 0 Å². The average Bonchev–Trinajstić information content (AvgIpc) is 2.57. The first kappa shape index (κ1) is 15.6. The molecule has 1 heterocycles. The fraction of sp³-hybridized carbons (Fsp3) is 0.333. The molecule has 0 radical (unpaired) electrons. The quantitative estimate of drug-likeness (QED) is 0.695. The summed E-state index contributed by atoms with van der Waals surface area (Å²) < 4.78 is 0. The number of benzene rings is 2. The van der Waals surface area contributed by atoms with Crippen molar-refractivity contribution in [1.82, 2.24) is 4.90 Å². The number of fused-ring (bicyclic) bond motifs is 1. The lowest BCUT2D eigenvalue weighted by molar-refractivity contribution is -0.385. The van der Waals surface area contributed by atoms with Gasteiger partial charge in [0.05, 0.1) is 11.0 Å². The molecule has 0 saturated carbocycles. The average molecular weight is 312 g/mol. The minimum atomic E-state index is -0.734. The van der Waals surface area contributed by atoms with Crippen LogP contribution in [0.1, 0.15) is 35.8 Å². The Morgan fingerprint density at radius 3 is 2.87 bits per heavy atom. The van der Waals surface area contributed by atoms with Crippen molar-refractivity contribution in [2.24, 2.45) is 0 Å². The Morgan fingerprint density at radius 2 is 2.09 bits per heavy atom. The van der Waals surface area contributed by atoms with Gasteiger partial charge < -0.3 is 5.11 Å². The lowest BCUT2D eigenvalue weighted by Crippen LogP contribution is -2.36. The van der Waals surface area contributed by atoms with Crippen molar-refractivity contribution in [3.8, 4) is 0 Å². The Bertz CT molecular complexity index is 717. The SMILES string of the molecule is CC1c2ccccc2CCN1CC(O)c1cccc([N+](=O)[O-])c1. The number of aliphatic hydroxyl groups excluding tert-OH is 1. The lowest BCUT2D eigenvalue weighted by atomic mass is 9.93. The van der Waals surface area contributed by atoms with Gasteiger partial charge in [-0.1, -0.05) is 36.4 Å². The van der Waals surface area contributed by atoms with Gasteiger partial charge in [-0.15, -0.1) is 0 Å². The zero-order valence-electron chi connectivity index (χ0n) is 13.1. The second kappa shape index (κ2) is 6.48. The lowest BCUT2D eigenvalue weighted by Gasteiger charge is -2.36. The largest absolute Gasteiger partial charge is 0.387 e. The van der Waals surface area contributed by atoms with Gasteiger partial charge in [-0.05, 0) is 30.0 Å². The highest BCUT2D eigenvalue weighted by molar-refractivity contribution is 5.36. The predicted molar refractivity (Wildman–Crippen MR) is 88.2 cm³/mol. The molecule has 2 atom stereocenters. The molecule has 1 N–H and O–H groups in total. The number of non-ortho nitro benzene ring substituents is 1. The van der Waals surface area contributed by atoms with Crippen LogP contribution >= 0.6 is 0 Å². The smallest absolute Gasteiger partial charge is 0.269 e. The van der Waals surface area contributed by atoms with E-state index in [1.165, 1.54) is 23.3 Å². The van der Waals surface area contributed by atoms with Crippen molar-refractivity contribution in [3.05, 3.63) is 75.3 Å². The molecule has 5 heteroatoms. The number of hydrogen-bond donors (Lipinski definition) is 1. The van der Waals surface area contributed by atoms with Crippen LogP contribution in [-0.4, -0.2) is 28.0 Å². The normalized spacial score (nSPS) is 19.1. The highest BCUT2D eigenvalue weighted by Crippen LogP contribution is 2.31. The summed E-state index contributed by atoms with van der Waals surface area (Å²) in [6.45, 7) is 3.49. The summed E-state index contributed by atoms with van der Waals surface area (Å²) in [6, 6.07) is 14.9. The van der Waals surface area contributed by atoms with E-state index in [-0.39, 0.29) is 11.7 Å². The van der Waals surface area contributed by atoms with E-state index < -0.39 is 11.0 Å². The molecule has 23 heavy (non-hydrogen) atoms. The first-order valence-corrected chi connectivity index (χ1v) is 7.80. The molecule has 0 aliphatic carbocycles. The second-order valence-corrected chi connectivity index (χ2v) is 5.99. The molecule has 0 amide bonds. The molecule has 120 valence electrons. The molecule has 1 aliphatic heterocycles. The van der Waals surface area contributed by atoms with Crippen LogP contribution < -0.4 is 0 Å². The molecular weight excluding hydrogens is 292 g/mol. The van der Waals surface area contributed by atoms with Crippen molar-refractivity contribution in [1.29, 1.82) is 0 Å². The van der Waals surface area contributed by atoms with Crippen LogP contribution in [-0.2, 0) is 6.42 Å². The van der Waals surface area contributed by atoms with Crippen LogP contribution in [0.4, 0.5) is 5.69 Å². The monoisotopic (exact) mass is 312 g/mol. The number of aliphatic hydroxyl groups is 1. The highest BCUT2D eigenvalue weighted by Gasteiger charge is 2.25. The number of nitro groups is 1. The summed E-state index contributed by atoms with van der Waals surface area (Å²) in [5.74, 6) is 0. The molecule has 0 bridgehead atoms. The molecule has 1 aliphatic rings. The highest BCUT2D eigenvalue weighted by atomic mass is 16.6. The van der Waals surface area contributed by atoms with E-state index in [0.29, 0.717) is 12.1 Å². The van der Waals surface area contributed by atoms with Gasteiger partial charge in [0.1, 0.15) is 0 Å². The standard InChI is InChI=1S/C18H20N2O3/c1-13-17-8-3-2-5-14(17)9-10-19(13)12-18(21)15-6-4-7-16(11-15)20(22)23/h2-8,11,13,18,21H,9-10,12H2,1H3. The van der Waals surface area contributed by atoms with Gasteiger partial charge in [-0.2, -0.15) is 0 Å². The van der Waals surface area contributed by atoms with Crippen LogP contribution in [0.2, 0.25) is 0 Å².